The largest absolute Gasteiger partial charge is 1.00 e. The van der Waals surface area contributed by atoms with Crippen LogP contribution in [-0.2, 0) is 0 Å². The Morgan fingerprint density at radius 2 is 1.65 bits per heavy atom. The smallest absolute Gasteiger partial charge is 0.877 e. The summed E-state index contributed by atoms with van der Waals surface area (Å²) >= 11 is 0. The van der Waals surface area contributed by atoms with Crippen molar-refractivity contribution in [3.05, 3.63) is 55.6 Å². The molecule has 3 heteroatoms. The second kappa shape index (κ2) is 4.96. The van der Waals surface area contributed by atoms with Crippen molar-refractivity contribution in [1.29, 1.82) is 0 Å². The van der Waals surface area contributed by atoms with Crippen LogP contribution in [0.25, 0.3) is 21.8 Å². The molecule has 0 amide bonds. The molecule has 17 heavy (non-hydrogen) atoms. The molecule has 0 saturated heterocycles. The van der Waals surface area contributed by atoms with E-state index in [2.05, 4.69) is 7.05 Å². The summed E-state index contributed by atoms with van der Waals surface area (Å²) in [6.07, 6.45) is 0. The molecule has 78 valence electrons. The predicted molar refractivity (Wildman–Crippen MR) is 61.9 cm³/mol. The van der Waals surface area contributed by atoms with Crippen molar-refractivity contribution >= 4 is 21.8 Å². The van der Waals surface area contributed by atoms with E-state index in [-0.39, 0.29) is 57.1 Å². The van der Waals surface area contributed by atoms with Crippen LogP contribution in [0.3, 0.4) is 0 Å². The number of para-hydroxylation sites is 2. The molecule has 3 rings (SSSR count). The van der Waals surface area contributed by atoms with Crippen LogP contribution < -0.4 is 61.1 Å². The van der Waals surface area contributed by atoms with Gasteiger partial charge in [-0.1, -0.05) is 48.2 Å². The van der Waals surface area contributed by atoms with Crippen LogP contribution in [0.1, 0.15) is 0 Å². The van der Waals surface area contributed by atoms with Gasteiger partial charge in [0.15, 0.2) is 0 Å². The van der Waals surface area contributed by atoms with Crippen molar-refractivity contribution < 1.29 is 61.1 Å². The predicted octanol–water partition coefficient (Wildman–Crippen LogP) is -1.00. The van der Waals surface area contributed by atoms with E-state index in [1.807, 2.05) is 36.4 Å². The maximum Gasteiger partial charge on any atom is 1.00 e. The summed E-state index contributed by atoms with van der Waals surface area (Å²) in [7, 11) is 3.95. The van der Waals surface area contributed by atoms with E-state index in [1.54, 1.807) is 16.7 Å². The summed E-state index contributed by atoms with van der Waals surface area (Å²) in [5.74, 6) is 0.0123. The molecule has 2 nitrogen and oxygen atoms in total. The Balaban J connectivity index is 0.00000108. The van der Waals surface area contributed by atoms with Crippen molar-refractivity contribution in [1.82, 2.24) is 0 Å². The number of rotatable bonds is 0. The molecule has 1 heterocycles. The molecule has 0 fully saturated rings. The number of benzene rings is 2. The Hall–Kier alpha value is -0.584. The third kappa shape index (κ3) is 2.09. The van der Waals surface area contributed by atoms with Gasteiger partial charge in [-0.25, -0.2) is 0 Å². The fourth-order valence-electron chi connectivity index (χ4n) is 2.09. The summed E-state index contributed by atoms with van der Waals surface area (Å²) in [6, 6.07) is 15.2. The SMILES string of the molecule is [CH2-][n+]1c2ccccc2cc2cccc([O-])c21.[K+]. The zero-order valence-electron chi connectivity index (χ0n) is 9.68. The first-order valence-corrected chi connectivity index (χ1v) is 5.12. The van der Waals surface area contributed by atoms with Gasteiger partial charge in [0.05, 0.1) is 0 Å². The monoisotopic (exact) mass is 247 g/mol. The van der Waals surface area contributed by atoms with Gasteiger partial charge < -0.3 is 9.67 Å². The van der Waals surface area contributed by atoms with Gasteiger partial charge in [0.1, 0.15) is 11.0 Å². The number of hydrogen-bond acceptors (Lipinski definition) is 1. The van der Waals surface area contributed by atoms with E-state index in [4.69, 9.17) is 0 Å². The second-order valence-corrected chi connectivity index (χ2v) is 3.83. The average molecular weight is 247 g/mol. The molecular weight excluding hydrogens is 237 g/mol. The summed E-state index contributed by atoms with van der Waals surface area (Å²) in [6.45, 7) is 0. The molecule has 0 saturated carbocycles. The van der Waals surface area contributed by atoms with E-state index in [9.17, 15) is 5.11 Å². The molecule has 0 aliphatic carbocycles. The molecule has 2 aromatic carbocycles. The quantitative estimate of drug-likeness (QED) is 0.217. The standard InChI is InChI=1S/C14H11NO.K/c1-15-12-7-3-2-5-10(12)9-11-6-4-8-13(16)14(11)15;/h2-9,16H,1H2;/q;+1/p-1. The number of pyridine rings is 1. The van der Waals surface area contributed by atoms with Gasteiger partial charge in [-0.05, 0) is 16.8 Å². The number of hydrogen-bond donors (Lipinski definition) is 0. The van der Waals surface area contributed by atoms with Gasteiger partial charge >= 0.3 is 51.4 Å². The molecule has 0 radical (unpaired) electrons. The molecule has 1 aromatic heterocycles. The van der Waals surface area contributed by atoms with E-state index in [0.717, 1.165) is 16.3 Å². The Bertz CT molecular complexity index is 694. The third-order valence-corrected chi connectivity index (χ3v) is 2.84. The summed E-state index contributed by atoms with van der Waals surface area (Å²) in [5.41, 5.74) is 1.62. The van der Waals surface area contributed by atoms with Crippen molar-refractivity contribution in [3.63, 3.8) is 0 Å². The van der Waals surface area contributed by atoms with Gasteiger partial charge in [0.25, 0.3) is 0 Å². The number of fused-ring (bicyclic) bond motifs is 2. The topological polar surface area (TPSA) is 26.9 Å². The van der Waals surface area contributed by atoms with Crippen LogP contribution in [0.4, 0.5) is 0 Å². The van der Waals surface area contributed by atoms with Crippen LogP contribution in [-0.4, -0.2) is 0 Å². The second-order valence-electron chi connectivity index (χ2n) is 3.83. The first-order valence-electron chi connectivity index (χ1n) is 5.12. The molecule has 0 bridgehead atoms. The molecule has 0 unspecified atom stereocenters. The molecule has 0 spiro atoms. The Labute approximate surface area is 142 Å². The average Bonchev–Trinajstić information content (AvgIpc) is 2.29. The zero-order chi connectivity index (χ0) is 11.1. The molecule has 0 aliphatic rings. The summed E-state index contributed by atoms with van der Waals surface area (Å²) in [4.78, 5) is 0. The minimum Gasteiger partial charge on any atom is -0.877 e. The van der Waals surface area contributed by atoms with Crippen molar-refractivity contribution in [2.45, 2.75) is 0 Å². The van der Waals surface area contributed by atoms with Crippen LogP contribution in [0.15, 0.2) is 48.5 Å². The molecule has 3 aromatic rings. The van der Waals surface area contributed by atoms with Crippen molar-refractivity contribution in [2.75, 3.05) is 0 Å². The van der Waals surface area contributed by atoms with Gasteiger partial charge in [-0.15, -0.1) is 0 Å². The Morgan fingerprint density at radius 3 is 2.47 bits per heavy atom. The van der Waals surface area contributed by atoms with Crippen molar-refractivity contribution in [2.24, 2.45) is 0 Å². The maximum atomic E-state index is 11.8. The molecular formula is C14H10KNO. The normalized spacial score (nSPS) is 10.4. The van der Waals surface area contributed by atoms with Crippen LogP contribution in [0.5, 0.6) is 5.75 Å². The van der Waals surface area contributed by atoms with E-state index < -0.39 is 0 Å². The van der Waals surface area contributed by atoms with Crippen LogP contribution in [0, 0.1) is 7.05 Å². The minimum atomic E-state index is 0. The Morgan fingerprint density at radius 1 is 0.941 bits per heavy atom. The third-order valence-electron chi connectivity index (χ3n) is 2.84. The first kappa shape index (κ1) is 12.9. The zero-order valence-corrected chi connectivity index (χ0v) is 12.8. The van der Waals surface area contributed by atoms with Gasteiger partial charge in [-0.3, -0.25) is 0 Å². The number of aromatic nitrogens is 1. The van der Waals surface area contributed by atoms with Gasteiger partial charge in [-0.2, -0.15) is 0 Å². The van der Waals surface area contributed by atoms with Gasteiger partial charge in [0.2, 0.25) is 0 Å². The first-order chi connectivity index (χ1) is 7.77. The number of nitrogens with zero attached hydrogens (tertiary/aromatic N) is 1. The fraction of sp³-hybridized carbons (Fsp3) is 0. The van der Waals surface area contributed by atoms with E-state index >= 15 is 0 Å². The molecule has 0 atom stereocenters. The minimum absolute atomic E-state index is 0. The fourth-order valence-corrected chi connectivity index (χ4v) is 2.09. The maximum absolute atomic E-state index is 11.8. The van der Waals surface area contributed by atoms with E-state index in [1.165, 1.54) is 0 Å². The van der Waals surface area contributed by atoms with Gasteiger partial charge in [0, 0.05) is 7.05 Å². The molecule has 0 N–H and O–H groups in total. The van der Waals surface area contributed by atoms with Crippen LogP contribution >= 0.6 is 0 Å². The van der Waals surface area contributed by atoms with Crippen LogP contribution in [0.2, 0.25) is 0 Å². The summed E-state index contributed by atoms with van der Waals surface area (Å²) in [5, 5.41) is 13.8. The van der Waals surface area contributed by atoms with Crippen molar-refractivity contribution in [3.8, 4) is 5.75 Å². The van der Waals surface area contributed by atoms with E-state index in [0.29, 0.717) is 5.52 Å². The molecule has 0 aliphatic heterocycles. The summed E-state index contributed by atoms with van der Waals surface area (Å²) < 4.78 is 1.72. The Kier molecular flexibility index (Phi) is 3.75.